The van der Waals surface area contributed by atoms with E-state index in [1.807, 2.05) is 0 Å². The van der Waals surface area contributed by atoms with Gasteiger partial charge in [-0.1, -0.05) is 27.7 Å². The Kier molecular flexibility index (Phi) is 4.81. The minimum absolute atomic E-state index is 0.215. The summed E-state index contributed by atoms with van der Waals surface area (Å²) < 4.78 is 0. The number of nitrogens with zero attached hydrogens (tertiary/aromatic N) is 1. The first kappa shape index (κ1) is 12.3. The minimum Gasteiger partial charge on any atom is -0.370 e. The van der Waals surface area contributed by atoms with Crippen molar-refractivity contribution >= 4 is 5.96 Å². The molecule has 0 bridgehead atoms. The van der Waals surface area contributed by atoms with E-state index in [9.17, 15) is 0 Å². The van der Waals surface area contributed by atoms with Gasteiger partial charge in [0.1, 0.15) is 0 Å². The van der Waals surface area contributed by atoms with Gasteiger partial charge in [-0.05, 0) is 18.8 Å². The monoisotopic (exact) mass is 185 g/mol. The van der Waals surface area contributed by atoms with Crippen LogP contribution in [0.25, 0.3) is 0 Å². The molecule has 3 nitrogen and oxygen atoms in total. The highest BCUT2D eigenvalue weighted by Crippen LogP contribution is 2.17. The number of hydrogen-bond donors (Lipinski definition) is 2. The van der Waals surface area contributed by atoms with Crippen LogP contribution in [0, 0.1) is 5.41 Å². The van der Waals surface area contributed by atoms with Crippen LogP contribution in [0.4, 0.5) is 0 Å². The van der Waals surface area contributed by atoms with Gasteiger partial charge in [0.25, 0.3) is 0 Å². The molecule has 78 valence electrons. The molecule has 0 spiro atoms. The SMILES string of the molecule is CCCN=C(N)NC(C)C(C)(C)C. The van der Waals surface area contributed by atoms with Crippen LogP contribution in [0.5, 0.6) is 0 Å². The van der Waals surface area contributed by atoms with Crippen molar-refractivity contribution in [3.63, 3.8) is 0 Å². The summed E-state index contributed by atoms with van der Waals surface area (Å²) in [6, 6.07) is 0.341. The van der Waals surface area contributed by atoms with Crippen molar-refractivity contribution in [3.8, 4) is 0 Å². The lowest BCUT2D eigenvalue weighted by molar-refractivity contribution is 0.315. The van der Waals surface area contributed by atoms with Gasteiger partial charge in [0.15, 0.2) is 5.96 Å². The third-order valence-electron chi connectivity index (χ3n) is 2.17. The Balaban J connectivity index is 3.98. The Bertz CT molecular complexity index is 167. The third-order valence-corrected chi connectivity index (χ3v) is 2.17. The maximum Gasteiger partial charge on any atom is 0.188 e. The first-order valence-electron chi connectivity index (χ1n) is 4.94. The summed E-state index contributed by atoms with van der Waals surface area (Å²) in [4.78, 5) is 4.18. The fourth-order valence-electron chi connectivity index (χ4n) is 0.716. The predicted octanol–water partition coefficient (Wildman–Crippen LogP) is 1.74. The Morgan fingerprint density at radius 1 is 1.46 bits per heavy atom. The molecule has 3 N–H and O–H groups in total. The second-order valence-corrected chi connectivity index (χ2v) is 4.50. The number of rotatable bonds is 3. The van der Waals surface area contributed by atoms with Gasteiger partial charge in [0.2, 0.25) is 0 Å². The lowest BCUT2D eigenvalue weighted by Crippen LogP contribution is -2.45. The highest BCUT2D eigenvalue weighted by molar-refractivity contribution is 5.78. The van der Waals surface area contributed by atoms with Crippen LogP contribution in [-0.2, 0) is 0 Å². The maximum absolute atomic E-state index is 5.70. The molecule has 0 fully saturated rings. The highest BCUT2D eigenvalue weighted by Gasteiger charge is 2.19. The van der Waals surface area contributed by atoms with Crippen LogP contribution in [0.2, 0.25) is 0 Å². The molecule has 1 unspecified atom stereocenters. The zero-order valence-electron chi connectivity index (χ0n) is 9.52. The van der Waals surface area contributed by atoms with E-state index >= 15 is 0 Å². The third kappa shape index (κ3) is 5.50. The average molecular weight is 185 g/mol. The van der Waals surface area contributed by atoms with Crippen LogP contribution >= 0.6 is 0 Å². The maximum atomic E-state index is 5.70. The molecule has 0 saturated heterocycles. The van der Waals surface area contributed by atoms with Crippen LogP contribution in [-0.4, -0.2) is 18.5 Å². The van der Waals surface area contributed by atoms with E-state index in [1.165, 1.54) is 0 Å². The van der Waals surface area contributed by atoms with Crippen molar-refractivity contribution in [1.29, 1.82) is 0 Å². The van der Waals surface area contributed by atoms with Crippen molar-refractivity contribution in [2.45, 2.75) is 47.1 Å². The van der Waals surface area contributed by atoms with Crippen molar-refractivity contribution in [2.24, 2.45) is 16.1 Å². The summed E-state index contributed by atoms with van der Waals surface area (Å²) in [5, 5.41) is 3.18. The fraction of sp³-hybridized carbons (Fsp3) is 0.900. The Morgan fingerprint density at radius 2 is 2.00 bits per heavy atom. The average Bonchev–Trinajstić information content (AvgIpc) is 1.99. The molecule has 3 heteroatoms. The minimum atomic E-state index is 0.215. The predicted molar refractivity (Wildman–Crippen MR) is 58.8 cm³/mol. The Hall–Kier alpha value is -0.730. The number of aliphatic imine (C=N–C) groups is 1. The van der Waals surface area contributed by atoms with Crippen molar-refractivity contribution < 1.29 is 0 Å². The van der Waals surface area contributed by atoms with Crippen LogP contribution in [0.15, 0.2) is 4.99 Å². The molecule has 0 aromatic heterocycles. The van der Waals surface area contributed by atoms with Crippen molar-refractivity contribution in [3.05, 3.63) is 0 Å². The van der Waals surface area contributed by atoms with Crippen molar-refractivity contribution in [2.75, 3.05) is 6.54 Å². The largest absolute Gasteiger partial charge is 0.370 e. The molecule has 0 aromatic rings. The summed E-state index contributed by atoms with van der Waals surface area (Å²) in [6.07, 6.45) is 1.03. The number of nitrogens with two attached hydrogens (primary N) is 1. The Labute approximate surface area is 81.8 Å². The number of hydrogen-bond acceptors (Lipinski definition) is 1. The molecule has 0 aromatic carbocycles. The van der Waals surface area contributed by atoms with Gasteiger partial charge in [-0.15, -0.1) is 0 Å². The lowest BCUT2D eigenvalue weighted by Gasteiger charge is -2.28. The Morgan fingerprint density at radius 3 is 2.38 bits per heavy atom. The lowest BCUT2D eigenvalue weighted by atomic mass is 9.88. The van der Waals surface area contributed by atoms with Crippen LogP contribution in [0.1, 0.15) is 41.0 Å². The number of guanidine groups is 1. The molecule has 0 heterocycles. The van der Waals surface area contributed by atoms with E-state index in [2.05, 4.69) is 44.9 Å². The number of nitrogens with one attached hydrogen (secondary N) is 1. The van der Waals surface area contributed by atoms with Gasteiger partial charge in [0.05, 0.1) is 0 Å². The topological polar surface area (TPSA) is 50.4 Å². The highest BCUT2D eigenvalue weighted by atomic mass is 15.1. The standard InChI is InChI=1S/C10H23N3/c1-6-7-12-9(11)13-8(2)10(3,4)5/h8H,6-7H2,1-5H3,(H3,11,12,13). The second-order valence-electron chi connectivity index (χ2n) is 4.50. The first-order valence-corrected chi connectivity index (χ1v) is 4.94. The summed E-state index contributed by atoms with van der Waals surface area (Å²) >= 11 is 0. The van der Waals surface area contributed by atoms with Crippen molar-refractivity contribution in [1.82, 2.24) is 5.32 Å². The van der Waals surface area contributed by atoms with E-state index in [-0.39, 0.29) is 5.41 Å². The van der Waals surface area contributed by atoms with E-state index < -0.39 is 0 Å². The molecule has 0 aliphatic rings. The van der Waals surface area contributed by atoms with Gasteiger partial charge in [0, 0.05) is 12.6 Å². The molecule has 0 saturated carbocycles. The molecular weight excluding hydrogens is 162 g/mol. The van der Waals surface area contributed by atoms with Gasteiger partial charge in [-0.3, -0.25) is 4.99 Å². The van der Waals surface area contributed by atoms with E-state index in [0.717, 1.165) is 13.0 Å². The van der Waals surface area contributed by atoms with Crippen LogP contribution < -0.4 is 11.1 Å². The molecular formula is C10H23N3. The first-order chi connectivity index (χ1) is 5.88. The summed E-state index contributed by atoms with van der Waals surface area (Å²) in [5.41, 5.74) is 5.91. The molecule has 0 aliphatic carbocycles. The van der Waals surface area contributed by atoms with E-state index in [4.69, 9.17) is 5.73 Å². The van der Waals surface area contributed by atoms with Gasteiger partial charge in [-0.25, -0.2) is 0 Å². The quantitative estimate of drug-likeness (QED) is 0.520. The van der Waals surface area contributed by atoms with Crippen LogP contribution in [0.3, 0.4) is 0 Å². The zero-order chi connectivity index (χ0) is 10.5. The van der Waals surface area contributed by atoms with Gasteiger partial charge < -0.3 is 11.1 Å². The zero-order valence-corrected chi connectivity index (χ0v) is 9.52. The summed E-state index contributed by atoms with van der Waals surface area (Å²) in [7, 11) is 0. The molecule has 1 atom stereocenters. The molecule has 0 amide bonds. The molecule has 0 radical (unpaired) electrons. The van der Waals surface area contributed by atoms with E-state index in [1.54, 1.807) is 0 Å². The molecule has 0 aliphatic heterocycles. The summed E-state index contributed by atoms with van der Waals surface area (Å²) in [5.74, 6) is 0.560. The normalized spacial score (nSPS) is 15.6. The fourth-order valence-corrected chi connectivity index (χ4v) is 0.716. The summed E-state index contributed by atoms with van der Waals surface area (Å²) in [6.45, 7) is 11.5. The van der Waals surface area contributed by atoms with E-state index in [0.29, 0.717) is 12.0 Å². The molecule has 13 heavy (non-hydrogen) atoms. The van der Waals surface area contributed by atoms with Gasteiger partial charge in [-0.2, -0.15) is 0 Å². The molecule has 0 rings (SSSR count). The second kappa shape index (κ2) is 5.10. The van der Waals surface area contributed by atoms with Gasteiger partial charge >= 0.3 is 0 Å². The smallest absolute Gasteiger partial charge is 0.188 e.